The second-order valence-corrected chi connectivity index (χ2v) is 9.01. The molecule has 0 spiro atoms. The first kappa shape index (κ1) is 42.0. The molecule has 215 valence electrons. The molecule has 9 nitrogen and oxygen atoms in total. The van der Waals surface area contributed by atoms with Crippen LogP contribution in [0.1, 0.15) is 101 Å². The molecule has 0 aliphatic heterocycles. The van der Waals surface area contributed by atoms with Gasteiger partial charge >= 0.3 is 17.1 Å². The first-order valence-electron chi connectivity index (χ1n) is 12.8. The van der Waals surface area contributed by atoms with Crippen LogP contribution in [0.15, 0.2) is 0 Å². The molecule has 0 aliphatic carbocycles. The van der Waals surface area contributed by atoms with E-state index in [4.69, 9.17) is 0 Å². The minimum atomic E-state index is -1.24. The first-order chi connectivity index (χ1) is 16.6. The molecular formula is C27H45FeO9. The molecule has 10 heteroatoms. The van der Waals surface area contributed by atoms with E-state index in [1.54, 1.807) is 41.5 Å². The van der Waals surface area contributed by atoms with Gasteiger partial charge in [-0.15, -0.1) is 0 Å². The number of carboxylic acids is 3. The van der Waals surface area contributed by atoms with Crippen LogP contribution in [0.3, 0.4) is 0 Å². The molecule has 0 aromatic carbocycles. The largest absolute Gasteiger partial charge is 3.00 e. The number of hydrogen-bond donors (Lipinski definition) is 0. The van der Waals surface area contributed by atoms with Gasteiger partial charge in [-0.05, 0) is 17.8 Å². The molecule has 37 heavy (non-hydrogen) atoms. The molecule has 0 aromatic rings. The number of hydrogen-bond acceptors (Lipinski definition) is 9. The van der Waals surface area contributed by atoms with Crippen molar-refractivity contribution in [2.45, 2.75) is 101 Å². The van der Waals surface area contributed by atoms with Crippen LogP contribution in [0.5, 0.6) is 0 Å². The van der Waals surface area contributed by atoms with E-state index in [9.17, 15) is 44.1 Å². The minimum absolute atomic E-state index is 0. The summed E-state index contributed by atoms with van der Waals surface area (Å²) in [7, 11) is 0. The standard InChI is InChI=1S/3C9H16O3.Fe/c3*1-4-6(3)8(9(11)12)7(10)5-2;/h3*6,8H,4-5H2,1-3H3,(H,11,12);/q;;;+3/p-3. The average molecular weight is 569 g/mol. The van der Waals surface area contributed by atoms with Gasteiger partial charge in [-0.2, -0.15) is 0 Å². The number of carboxylic acid groups (broad SMARTS) is 3. The summed E-state index contributed by atoms with van der Waals surface area (Å²) in [5.74, 6) is -7.53. The number of Topliss-reactive ketones (excluding diaryl/α,β-unsaturated/α-hetero) is 3. The van der Waals surface area contributed by atoms with Gasteiger partial charge in [0.15, 0.2) is 0 Å². The Kier molecular flexibility index (Phi) is 26.2. The van der Waals surface area contributed by atoms with E-state index in [0.717, 1.165) is 0 Å². The van der Waals surface area contributed by atoms with E-state index in [-0.39, 0.29) is 71.4 Å². The summed E-state index contributed by atoms with van der Waals surface area (Å²) in [5.41, 5.74) is 0. The third kappa shape index (κ3) is 16.4. The fourth-order valence-corrected chi connectivity index (χ4v) is 3.41. The zero-order chi connectivity index (χ0) is 29.2. The Labute approximate surface area is 232 Å². The number of carbonyl (C=O) groups is 6. The third-order valence-electron chi connectivity index (χ3n) is 6.49. The van der Waals surface area contributed by atoms with Gasteiger partial charge < -0.3 is 29.7 Å². The topological polar surface area (TPSA) is 172 Å². The van der Waals surface area contributed by atoms with E-state index in [2.05, 4.69) is 0 Å². The maximum atomic E-state index is 11.1. The second-order valence-electron chi connectivity index (χ2n) is 9.01. The third-order valence-corrected chi connectivity index (χ3v) is 6.49. The van der Waals surface area contributed by atoms with Crippen LogP contribution in [-0.4, -0.2) is 35.3 Å². The molecule has 6 atom stereocenters. The summed E-state index contributed by atoms with van der Waals surface area (Å²) in [4.78, 5) is 65.1. The predicted molar refractivity (Wildman–Crippen MR) is 130 cm³/mol. The van der Waals surface area contributed by atoms with Crippen molar-refractivity contribution in [2.75, 3.05) is 0 Å². The molecule has 6 unspecified atom stereocenters. The van der Waals surface area contributed by atoms with E-state index < -0.39 is 35.7 Å². The SMILES string of the molecule is CCC(=O)C(C(=O)[O-])C(C)CC.CCC(=O)C(C(=O)[O-])C(C)CC.CCC(=O)C(C(=O)[O-])C(C)CC.[Fe+3]. The smallest absolute Gasteiger partial charge is 0.549 e. The number of aliphatic carboxylic acids is 3. The summed E-state index contributed by atoms with van der Waals surface area (Å²) >= 11 is 0. The van der Waals surface area contributed by atoms with Crippen molar-refractivity contribution >= 4 is 35.3 Å². The normalized spacial score (nSPS) is 14.8. The number of rotatable bonds is 15. The van der Waals surface area contributed by atoms with Crippen molar-refractivity contribution in [2.24, 2.45) is 35.5 Å². The van der Waals surface area contributed by atoms with E-state index in [1.165, 1.54) is 0 Å². The molecule has 0 amide bonds. The average Bonchev–Trinajstić information content (AvgIpc) is 2.83. The number of ketones is 3. The summed E-state index contributed by atoms with van der Waals surface area (Å²) in [6.45, 7) is 15.9. The van der Waals surface area contributed by atoms with Crippen LogP contribution in [0.4, 0.5) is 0 Å². The van der Waals surface area contributed by atoms with E-state index in [1.807, 2.05) is 20.8 Å². The van der Waals surface area contributed by atoms with E-state index in [0.29, 0.717) is 19.3 Å². The molecule has 0 aliphatic rings. The Hall–Kier alpha value is -2.06. The van der Waals surface area contributed by atoms with Crippen LogP contribution >= 0.6 is 0 Å². The van der Waals surface area contributed by atoms with Crippen LogP contribution in [0, 0.1) is 35.5 Å². The van der Waals surface area contributed by atoms with Gasteiger partial charge in [-0.25, -0.2) is 0 Å². The fraction of sp³-hybridized carbons (Fsp3) is 0.778. The Bertz CT molecular complexity index is 626. The quantitative estimate of drug-likeness (QED) is 0.207. The van der Waals surface area contributed by atoms with Gasteiger partial charge in [-0.1, -0.05) is 81.6 Å². The molecule has 0 bridgehead atoms. The Morgan fingerprint density at radius 3 is 0.703 bits per heavy atom. The molecule has 0 saturated carbocycles. The van der Waals surface area contributed by atoms with Crippen molar-refractivity contribution in [3.63, 3.8) is 0 Å². The Morgan fingerprint density at radius 2 is 0.622 bits per heavy atom. The van der Waals surface area contributed by atoms with Gasteiger partial charge in [0.05, 0.1) is 35.7 Å². The van der Waals surface area contributed by atoms with Gasteiger partial charge in [0.25, 0.3) is 0 Å². The summed E-state index contributed by atoms with van der Waals surface area (Å²) in [5, 5.41) is 31.7. The second kappa shape index (κ2) is 23.1. The van der Waals surface area contributed by atoms with Gasteiger partial charge in [0.2, 0.25) is 0 Å². The van der Waals surface area contributed by atoms with Gasteiger partial charge in [0.1, 0.15) is 17.3 Å². The summed E-state index contributed by atoms with van der Waals surface area (Å²) in [6, 6.07) is 0. The Balaban J connectivity index is -0.000000218. The van der Waals surface area contributed by atoms with Crippen molar-refractivity contribution in [1.29, 1.82) is 0 Å². The molecular weight excluding hydrogens is 524 g/mol. The maximum Gasteiger partial charge on any atom is 3.00 e. The molecule has 0 N–H and O–H groups in total. The van der Waals surface area contributed by atoms with Crippen LogP contribution in [0.25, 0.3) is 0 Å². The summed E-state index contributed by atoms with van der Waals surface area (Å²) < 4.78 is 0. The zero-order valence-electron chi connectivity index (χ0n) is 23.7. The number of carbonyl (C=O) groups excluding carboxylic acids is 6. The zero-order valence-corrected chi connectivity index (χ0v) is 24.8. The van der Waals surface area contributed by atoms with Crippen molar-refractivity contribution in [3.8, 4) is 0 Å². The molecule has 0 saturated heterocycles. The first-order valence-corrected chi connectivity index (χ1v) is 12.8. The molecule has 0 fully saturated rings. The van der Waals surface area contributed by atoms with Crippen LogP contribution < -0.4 is 15.3 Å². The molecule has 0 heterocycles. The monoisotopic (exact) mass is 569 g/mol. The predicted octanol–water partition coefficient (Wildman–Crippen LogP) is 1.13. The van der Waals surface area contributed by atoms with Crippen LogP contribution in [0.2, 0.25) is 0 Å². The molecule has 0 rings (SSSR count). The van der Waals surface area contributed by atoms with Gasteiger partial charge in [-0.3, -0.25) is 14.4 Å². The summed E-state index contributed by atoms with van der Waals surface area (Å²) in [6.07, 6.45) is 2.86. The minimum Gasteiger partial charge on any atom is -0.549 e. The van der Waals surface area contributed by atoms with Crippen molar-refractivity contribution < 1.29 is 61.2 Å². The Morgan fingerprint density at radius 1 is 0.459 bits per heavy atom. The molecule has 0 aromatic heterocycles. The van der Waals surface area contributed by atoms with Crippen molar-refractivity contribution in [3.05, 3.63) is 0 Å². The van der Waals surface area contributed by atoms with E-state index >= 15 is 0 Å². The van der Waals surface area contributed by atoms with Crippen LogP contribution in [-0.2, 0) is 45.8 Å². The fourth-order valence-electron chi connectivity index (χ4n) is 3.41. The maximum absolute atomic E-state index is 11.1. The van der Waals surface area contributed by atoms with Gasteiger partial charge in [0, 0.05) is 19.3 Å². The molecule has 1 radical (unpaired) electrons. The van der Waals surface area contributed by atoms with Crippen molar-refractivity contribution in [1.82, 2.24) is 0 Å².